The fraction of sp³-hybridized carbons (Fsp3) is 0.700. The number of ether oxygens (including phenoxy) is 1. The first-order chi connectivity index (χ1) is 13.0. The summed E-state index contributed by atoms with van der Waals surface area (Å²) >= 11 is 0. The van der Waals surface area contributed by atoms with Crippen LogP contribution in [0.4, 0.5) is 0 Å². The minimum Gasteiger partial charge on any atom is -0.452 e. The summed E-state index contributed by atoms with van der Waals surface area (Å²) in [6, 6.07) is 1.53. The topological polar surface area (TPSA) is 85.7 Å². The van der Waals surface area contributed by atoms with Gasteiger partial charge >= 0.3 is 5.97 Å². The van der Waals surface area contributed by atoms with Gasteiger partial charge in [-0.25, -0.2) is 13.2 Å². The number of esters is 1. The van der Waals surface area contributed by atoms with Crippen LogP contribution in [0.25, 0.3) is 0 Å². The number of amides is 1. The molecule has 8 heteroatoms. The van der Waals surface area contributed by atoms with Crippen LogP contribution in [0.3, 0.4) is 0 Å². The molecule has 1 aliphatic rings. The van der Waals surface area contributed by atoms with E-state index in [-0.39, 0.29) is 42.1 Å². The minimum absolute atomic E-state index is 0.0213. The van der Waals surface area contributed by atoms with Gasteiger partial charge in [-0.2, -0.15) is 0 Å². The molecule has 2 atom stereocenters. The first kappa shape index (κ1) is 22.5. The van der Waals surface area contributed by atoms with Crippen molar-refractivity contribution in [2.24, 2.45) is 0 Å². The number of sulfone groups is 1. The number of carbonyl (C=O) groups excluding carboxylic acids is 2. The lowest BCUT2D eigenvalue weighted by Crippen LogP contribution is -2.48. The molecule has 0 bridgehead atoms. The number of hydrogen-bond acceptors (Lipinski definition) is 5. The summed E-state index contributed by atoms with van der Waals surface area (Å²) in [7, 11) is -3.11. The lowest BCUT2D eigenvalue weighted by molar-refractivity contribution is -0.138. The van der Waals surface area contributed by atoms with Crippen molar-refractivity contribution < 1.29 is 22.7 Å². The molecule has 1 aromatic heterocycles. The molecule has 158 valence electrons. The minimum atomic E-state index is -3.11. The van der Waals surface area contributed by atoms with Crippen molar-refractivity contribution in [2.45, 2.75) is 72.5 Å². The van der Waals surface area contributed by atoms with Gasteiger partial charge in [0.1, 0.15) is 0 Å². The number of rotatable bonds is 7. The molecule has 1 saturated heterocycles. The maximum atomic E-state index is 12.8. The molecule has 1 aromatic rings. The van der Waals surface area contributed by atoms with Crippen LogP contribution >= 0.6 is 0 Å². The van der Waals surface area contributed by atoms with Gasteiger partial charge in [0, 0.05) is 29.5 Å². The molecule has 0 aliphatic carbocycles. The molecule has 0 spiro atoms. The smallest absolute Gasteiger partial charge is 0.340 e. The SMILES string of the molecule is CC[C@@H](C)N(C(=O)COC(=O)c1cc(C)n(C(C)C)c1C)[C@@H]1CCS(=O)(=O)C1. The Bertz CT molecular complexity index is 841. The summed E-state index contributed by atoms with van der Waals surface area (Å²) in [6.45, 7) is 11.3. The van der Waals surface area contributed by atoms with Crippen LogP contribution in [0.2, 0.25) is 0 Å². The van der Waals surface area contributed by atoms with E-state index in [1.165, 1.54) is 0 Å². The molecule has 7 nitrogen and oxygen atoms in total. The average molecular weight is 413 g/mol. The molecular weight excluding hydrogens is 380 g/mol. The highest BCUT2D eigenvalue weighted by Crippen LogP contribution is 2.23. The normalized spacial score (nSPS) is 19.6. The van der Waals surface area contributed by atoms with Crippen molar-refractivity contribution in [3.63, 3.8) is 0 Å². The number of carbonyl (C=O) groups is 2. The maximum absolute atomic E-state index is 12.8. The van der Waals surface area contributed by atoms with Gasteiger partial charge in [-0.05, 0) is 53.5 Å². The van der Waals surface area contributed by atoms with Crippen LogP contribution in [0.15, 0.2) is 6.07 Å². The Labute approximate surface area is 168 Å². The van der Waals surface area contributed by atoms with E-state index < -0.39 is 15.8 Å². The molecule has 2 heterocycles. The second kappa shape index (κ2) is 8.68. The highest BCUT2D eigenvalue weighted by molar-refractivity contribution is 7.91. The fourth-order valence-corrected chi connectivity index (χ4v) is 5.77. The fourth-order valence-electron chi connectivity index (χ4n) is 4.06. The van der Waals surface area contributed by atoms with Gasteiger partial charge in [0.15, 0.2) is 16.4 Å². The molecule has 0 unspecified atom stereocenters. The van der Waals surface area contributed by atoms with Crippen LogP contribution in [0.1, 0.15) is 68.3 Å². The Morgan fingerprint density at radius 1 is 1.29 bits per heavy atom. The van der Waals surface area contributed by atoms with Crippen LogP contribution in [-0.4, -0.2) is 60.0 Å². The summed E-state index contributed by atoms with van der Waals surface area (Å²) in [5.41, 5.74) is 2.23. The van der Waals surface area contributed by atoms with Crippen molar-refractivity contribution >= 4 is 21.7 Å². The average Bonchev–Trinajstić information content (AvgIpc) is 3.11. The Hall–Kier alpha value is -1.83. The first-order valence-electron chi connectivity index (χ1n) is 9.85. The highest BCUT2D eigenvalue weighted by atomic mass is 32.2. The Morgan fingerprint density at radius 3 is 2.39 bits per heavy atom. The van der Waals surface area contributed by atoms with Gasteiger partial charge in [0.2, 0.25) is 0 Å². The predicted octanol–water partition coefficient (Wildman–Crippen LogP) is 2.66. The summed E-state index contributed by atoms with van der Waals surface area (Å²) < 4.78 is 31.0. The summed E-state index contributed by atoms with van der Waals surface area (Å²) in [6.07, 6.45) is 1.13. The van der Waals surface area contributed by atoms with Crippen LogP contribution in [0.5, 0.6) is 0 Å². The van der Waals surface area contributed by atoms with E-state index in [2.05, 4.69) is 0 Å². The third kappa shape index (κ3) is 4.77. The highest BCUT2D eigenvalue weighted by Gasteiger charge is 2.36. The molecule has 1 fully saturated rings. The second-order valence-electron chi connectivity index (χ2n) is 7.94. The van der Waals surface area contributed by atoms with Gasteiger partial charge in [0.25, 0.3) is 5.91 Å². The van der Waals surface area contributed by atoms with Crippen molar-refractivity contribution in [1.29, 1.82) is 0 Å². The molecule has 0 N–H and O–H groups in total. The van der Waals surface area contributed by atoms with Gasteiger partial charge in [-0.15, -0.1) is 0 Å². The second-order valence-corrected chi connectivity index (χ2v) is 10.2. The molecular formula is C20H32N2O5S. The molecule has 0 aromatic carbocycles. The van der Waals surface area contributed by atoms with E-state index >= 15 is 0 Å². The molecule has 0 saturated carbocycles. The first-order valence-corrected chi connectivity index (χ1v) is 11.7. The summed E-state index contributed by atoms with van der Waals surface area (Å²) in [5, 5.41) is 0. The number of nitrogens with zero attached hydrogens (tertiary/aromatic N) is 2. The van der Waals surface area contributed by atoms with Crippen molar-refractivity contribution in [2.75, 3.05) is 18.1 Å². The van der Waals surface area contributed by atoms with E-state index in [1.807, 2.05) is 46.1 Å². The van der Waals surface area contributed by atoms with Crippen LogP contribution < -0.4 is 0 Å². The van der Waals surface area contributed by atoms with Crippen LogP contribution in [0, 0.1) is 13.8 Å². The lowest BCUT2D eigenvalue weighted by atomic mass is 10.1. The third-order valence-electron chi connectivity index (χ3n) is 5.50. The Balaban J connectivity index is 2.10. The third-order valence-corrected chi connectivity index (χ3v) is 7.25. The molecule has 2 rings (SSSR count). The van der Waals surface area contributed by atoms with Gasteiger partial charge in [-0.3, -0.25) is 4.79 Å². The largest absolute Gasteiger partial charge is 0.452 e. The molecule has 1 aliphatic heterocycles. The molecule has 28 heavy (non-hydrogen) atoms. The van der Waals surface area contributed by atoms with E-state index in [9.17, 15) is 18.0 Å². The van der Waals surface area contributed by atoms with Crippen molar-refractivity contribution in [3.05, 3.63) is 23.0 Å². The number of aromatic nitrogens is 1. The summed E-state index contributed by atoms with van der Waals surface area (Å²) in [4.78, 5) is 26.9. The molecule has 0 radical (unpaired) electrons. The molecule has 1 amide bonds. The zero-order chi connectivity index (χ0) is 21.2. The van der Waals surface area contributed by atoms with E-state index in [0.29, 0.717) is 18.4 Å². The van der Waals surface area contributed by atoms with E-state index in [0.717, 1.165) is 11.4 Å². The summed E-state index contributed by atoms with van der Waals surface area (Å²) in [5.74, 6) is -0.801. The maximum Gasteiger partial charge on any atom is 0.340 e. The number of hydrogen-bond donors (Lipinski definition) is 0. The predicted molar refractivity (Wildman–Crippen MR) is 108 cm³/mol. The zero-order valence-corrected chi connectivity index (χ0v) is 18.5. The Kier molecular flexibility index (Phi) is 6.96. The van der Waals surface area contributed by atoms with Gasteiger partial charge in [0.05, 0.1) is 17.1 Å². The van der Waals surface area contributed by atoms with Crippen molar-refractivity contribution in [1.82, 2.24) is 9.47 Å². The quantitative estimate of drug-likeness (QED) is 0.643. The Morgan fingerprint density at radius 2 is 1.93 bits per heavy atom. The zero-order valence-electron chi connectivity index (χ0n) is 17.7. The van der Waals surface area contributed by atoms with Crippen molar-refractivity contribution in [3.8, 4) is 0 Å². The van der Waals surface area contributed by atoms with E-state index in [4.69, 9.17) is 4.74 Å². The lowest BCUT2D eigenvalue weighted by Gasteiger charge is -2.33. The monoisotopic (exact) mass is 412 g/mol. The standard InChI is InChI=1S/C20H32N2O5S/c1-7-14(4)22(17-8-9-28(25,26)12-17)19(23)11-27-20(24)18-10-15(5)21(13(2)3)16(18)6/h10,13-14,17H,7-9,11-12H2,1-6H3/t14-,17-/m1/s1. The van der Waals surface area contributed by atoms with Gasteiger partial charge < -0.3 is 14.2 Å². The van der Waals surface area contributed by atoms with Crippen LogP contribution in [-0.2, 0) is 19.4 Å². The van der Waals surface area contributed by atoms with E-state index in [1.54, 1.807) is 11.0 Å². The van der Waals surface area contributed by atoms with Gasteiger partial charge in [-0.1, -0.05) is 6.92 Å². The number of aryl methyl sites for hydroxylation is 1.